The molecule has 0 fully saturated rings. The van der Waals surface area contributed by atoms with Gasteiger partial charge in [0.25, 0.3) is 11.7 Å². The summed E-state index contributed by atoms with van der Waals surface area (Å²) in [4.78, 5) is 3.98. The molecule has 0 saturated heterocycles. The van der Waals surface area contributed by atoms with Crippen LogP contribution in [0, 0.1) is 0 Å². The second-order valence-electron chi connectivity index (χ2n) is 5.52. The molecule has 9 heteroatoms. The molecular formula is C17H14F3N3O2S. The molecule has 2 aromatic carbocycles. The van der Waals surface area contributed by atoms with Gasteiger partial charge in [0.15, 0.2) is 0 Å². The van der Waals surface area contributed by atoms with E-state index in [-0.39, 0.29) is 12.4 Å². The Balaban J connectivity index is 1.77. The molecule has 0 aliphatic carbocycles. The summed E-state index contributed by atoms with van der Waals surface area (Å²) in [6.07, 6.45) is -3.09. The first-order valence-corrected chi connectivity index (χ1v) is 9.41. The van der Waals surface area contributed by atoms with E-state index in [0.29, 0.717) is 10.5 Å². The third-order valence-electron chi connectivity index (χ3n) is 3.55. The van der Waals surface area contributed by atoms with Crippen LogP contribution in [0.1, 0.15) is 11.4 Å². The largest absolute Gasteiger partial charge is 0.455 e. The minimum Gasteiger partial charge on any atom is -0.334 e. The monoisotopic (exact) mass is 381 g/mol. The Hall–Kier alpha value is -2.68. The third-order valence-corrected chi connectivity index (χ3v) is 5.32. The summed E-state index contributed by atoms with van der Waals surface area (Å²) in [5.41, 5.74) is 1.12. The molecule has 3 rings (SSSR count). The minimum atomic E-state index is -4.65. The van der Waals surface area contributed by atoms with Crippen LogP contribution in [0.5, 0.6) is 0 Å². The first kappa shape index (κ1) is 18.1. The summed E-state index contributed by atoms with van der Waals surface area (Å²) in [6.45, 7) is 0.210. The predicted octanol–water partition coefficient (Wildman–Crippen LogP) is 4.41. The third kappa shape index (κ3) is 4.10. The van der Waals surface area contributed by atoms with Crippen LogP contribution >= 0.6 is 0 Å². The number of rotatable bonds is 4. The average molecular weight is 381 g/mol. The quantitative estimate of drug-likeness (QED) is 0.671. The summed E-state index contributed by atoms with van der Waals surface area (Å²) in [6, 6.07) is 15.4. The zero-order chi connectivity index (χ0) is 18.8. The van der Waals surface area contributed by atoms with Crippen LogP contribution in [0.2, 0.25) is 0 Å². The number of halogens is 3. The number of aromatic nitrogens is 2. The fourth-order valence-electron chi connectivity index (χ4n) is 2.15. The van der Waals surface area contributed by atoms with Crippen LogP contribution in [0.25, 0.3) is 11.5 Å². The van der Waals surface area contributed by atoms with E-state index in [4.69, 9.17) is 0 Å². The van der Waals surface area contributed by atoms with E-state index in [9.17, 15) is 17.4 Å². The lowest BCUT2D eigenvalue weighted by molar-refractivity contribution is -0.146. The van der Waals surface area contributed by atoms with Crippen molar-refractivity contribution in [3.8, 4) is 11.5 Å². The minimum absolute atomic E-state index is 0.210. The number of benzene rings is 2. The van der Waals surface area contributed by atoms with Gasteiger partial charge in [0.2, 0.25) is 0 Å². The number of hydrogen-bond donors (Lipinski definition) is 0. The summed E-state index contributed by atoms with van der Waals surface area (Å²) in [7, 11) is -2.52. The lowest BCUT2D eigenvalue weighted by atomic mass is 10.1. The second-order valence-corrected chi connectivity index (χ2v) is 7.86. The van der Waals surface area contributed by atoms with Crippen molar-refractivity contribution >= 4 is 9.73 Å². The van der Waals surface area contributed by atoms with Crippen molar-refractivity contribution in [1.82, 2.24) is 10.1 Å². The highest BCUT2D eigenvalue weighted by Gasteiger charge is 2.37. The van der Waals surface area contributed by atoms with Gasteiger partial charge in [-0.15, -0.1) is 0 Å². The van der Waals surface area contributed by atoms with Crippen molar-refractivity contribution in [3.63, 3.8) is 0 Å². The first-order chi connectivity index (χ1) is 12.3. The van der Waals surface area contributed by atoms with E-state index in [2.05, 4.69) is 19.0 Å². The lowest BCUT2D eigenvalue weighted by Gasteiger charge is -2.05. The van der Waals surface area contributed by atoms with Gasteiger partial charge in [0, 0.05) is 16.7 Å². The summed E-state index contributed by atoms with van der Waals surface area (Å²) >= 11 is 0. The van der Waals surface area contributed by atoms with E-state index < -0.39 is 21.7 Å². The standard InChI is InChI=1S/C17H14F3N3O2S/c1-26(24,14-5-3-2-4-6-14)21-11-12-7-9-13(10-8-12)15-22-16(23-25-15)17(18,19)20/h2-10H,11H2,1H3. The van der Waals surface area contributed by atoms with Crippen molar-refractivity contribution in [3.05, 3.63) is 66.0 Å². The molecule has 26 heavy (non-hydrogen) atoms. The van der Waals surface area contributed by atoms with Gasteiger partial charge in [-0.2, -0.15) is 18.2 Å². The Morgan fingerprint density at radius 3 is 2.31 bits per heavy atom. The molecule has 0 aliphatic rings. The molecule has 1 aromatic heterocycles. The van der Waals surface area contributed by atoms with Gasteiger partial charge in [-0.05, 0) is 29.8 Å². The Morgan fingerprint density at radius 1 is 1.08 bits per heavy atom. The lowest BCUT2D eigenvalue weighted by Crippen LogP contribution is -2.07. The molecule has 0 N–H and O–H groups in total. The molecule has 0 bridgehead atoms. The van der Waals surface area contributed by atoms with Crippen LogP contribution in [-0.4, -0.2) is 20.6 Å². The number of nitrogens with zero attached hydrogens (tertiary/aromatic N) is 3. The van der Waals surface area contributed by atoms with Crippen molar-refractivity contribution < 1.29 is 21.9 Å². The van der Waals surface area contributed by atoms with Crippen molar-refractivity contribution in [2.75, 3.05) is 6.26 Å². The van der Waals surface area contributed by atoms with Gasteiger partial charge >= 0.3 is 6.18 Å². The fraction of sp³-hybridized carbons (Fsp3) is 0.176. The zero-order valence-corrected chi connectivity index (χ0v) is 14.4. The highest BCUT2D eigenvalue weighted by Crippen LogP contribution is 2.28. The molecule has 0 amide bonds. The smallest absolute Gasteiger partial charge is 0.334 e. The summed E-state index contributed by atoms with van der Waals surface area (Å²) in [5, 5.41) is 2.92. The Bertz CT molecular complexity index is 1010. The number of hydrogen-bond acceptors (Lipinski definition) is 5. The van der Waals surface area contributed by atoms with Gasteiger partial charge in [0.1, 0.15) is 0 Å². The van der Waals surface area contributed by atoms with Crippen LogP contribution in [-0.2, 0) is 22.5 Å². The fourth-order valence-corrected chi connectivity index (χ4v) is 3.36. The van der Waals surface area contributed by atoms with Gasteiger partial charge in [0.05, 0.1) is 16.3 Å². The van der Waals surface area contributed by atoms with Gasteiger partial charge in [-0.1, -0.05) is 35.5 Å². The highest BCUT2D eigenvalue weighted by molar-refractivity contribution is 7.93. The van der Waals surface area contributed by atoms with Crippen molar-refractivity contribution in [2.45, 2.75) is 17.6 Å². The van der Waals surface area contributed by atoms with Gasteiger partial charge in [-0.3, -0.25) is 0 Å². The molecule has 5 nitrogen and oxygen atoms in total. The van der Waals surface area contributed by atoms with E-state index in [1.807, 2.05) is 6.07 Å². The molecule has 0 radical (unpaired) electrons. The van der Waals surface area contributed by atoms with E-state index in [0.717, 1.165) is 5.56 Å². The van der Waals surface area contributed by atoms with Gasteiger partial charge < -0.3 is 4.52 Å². The van der Waals surface area contributed by atoms with Gasteiger partial charge in [-0.25, -0.2) is 8.57 Å². The molecule has 0 aliphatic heterocycles. The first-order valence-electron chi connectivity index (χ1n) is 7.49. The highest BCUT2D eigenvalue weighted by atomic mass is 32.2. The van der Waals surface area contributed by atoms with Crippen molar-refractivity contribution in [1.29, 1.82) is 0 Å². The average Bonchev–Trinajstić information content (AvgIpc) is 3.12. The Kier molecular flexibility index (Phi) is 4.82. The van der Waals surface area contributed by atoms with Crippen LogP contribution in [0.3, 0.4) is 0 Å². The molecule has 136 valence electrons. The summed E-state index contributed by atoms with van der Waals surface area (Å²) in [5.74, 6) is -1.54. The van der Waals surface area contributed by atoms with E-state index in [1.54, 1.807) is 54.8 Å². The predicted molar refractivity (Wildman–Crippen MR) is 89.6 cm³/mol. The molecule has 0 spiro atoms. The summed E-state index contributed by atoms with van der Waals surface area (Å²) < 4.78 is 59.1. The normalized spacial score (nSPS) is 14.0. The number of alkyl halides is 3. The maximum Gasteiger partial charge on any atom is 0.455 e. The molecule has 1 heterocycles. The zero-order valence-electron chi connectivity index (χ0n) is 13.6. The van der Waals surface area contributed by atoms with E-state index in [1.165, 1.54) is 0 Å². The van der Waals surface area contributed by atoms with Crippen LogP contribution < -0.4 is 0 Å². The molecule has 1 unspecified atom stereocenters. The molecule has 0 saturated carbocycles. The maximum atomic E-state index is 12.6. The second kappa shape index (κ2) is 6.91. The Morgan fingerprint density at radius 2 is 1.73 bits per heavy atom. The van der Waals surface area contributed by atoms with Crippen LogP contribution in [0.4, 0.5) is 13.2 Å². The van der Waals surface area contributed by atoms with E-state index >= 15 is 0 Å². The maximum absolute atomic E-state index is 12.6. The molecular weight excluding hydrogens is 367 g/mol. The topological polar surface area (TPSA) is 68.3 Å². The molecule has 3 aromatic rings. The molecule has 1 atom stereocenters. The van der Waals surface area contributed by atoms with Crippen molar-refractivity contribution in [2.24, 2.45) is 4.36 Å². The van der Waals surface area contributed by atoms with Crippen LogP contribution in [0.15, 0.2) is 68.4 Å². The Labute approximate surface area is 148 Å². The SMILES string of the molecule is CS(=O)(=NCc1ccc(-c2nc(C(F)(F)F)no2)cc1)c1ccccc1.